The smallest absolute Gasteiger partial charge is 0.347 e. The molecule has 0 atom stereocenters. The van der Waals surface area contributed by atoms with E-state index in [-0.39, 0.29) is 5.69 Å². The van der Waals surface area contributed by atoms with Crippen LogP contribution in [0.1, 0.15) is 12.6 Å². The van der Waals surface area contributed by atoms with E-state index in [1.54, 1.807) is 12.1 Å². The van der Waals surface area contributed by atoms with Crippen molar-refractivity contribution in [3.05, 3.63) is 46.5 Å². The highest BCUT2D eigenvalue weighted by Gasteiger charge is 2.01. The van der Waals surface area contributed by atoms with Crippen LogP contribution in [0, 0.1) is 11.3 Å². The fraction of sp³-hybridized carbons (Fsp3) is 0.154. The first kappa shape index (κ1) is 12.6. The summed E-state index contributed by atoms with van der Waals surface area (Å²) in [7, 11) is 0. The number of ether oxygens (including phenoxy) is 1. The number of nitrogens with one attached hydrogen (secondary N) is 2. The van der Waals surface area contributed by atoms with Crippen molar-refractivity contribution < 1.29 is 4.74 Å². The summed E-state index contributed by atoms with van der Waals surface area (Å²) in [5.41, 5.74) is 0.353. The summed E-state index contributed by atoms with van der Waals surface area (Å²) in [6, 6.07) is 10.6. The minimum Gasteiger partial charge on any atom is -0.494 e. The summed E-state index contributed by atoms with van der Waals surface area (Å²) in [4.78, 5) is 17.3. The van der Waals surface area contributed by atoms with Gasteiger partial charge in [-0.1, -0.05) is 0 Å². The molecule has 0 spiro atoms. The molecule has 6 nitrogen and oxygen atoms in total. The van der Waals surface area contributed by atoms with Crippen LogP contribution in [0.3, 0.4) is 0 Å². The van der Waals surface area contributed by atoms with E-state index in [9.17, 15) is 4.79 Å². The molecule has 1 heterocycles. The lowest BCUT2D eigenvalue weighted by Crippen LogP contribution is -2.13. The number of H-pyrrole nitrogens is 1. The van der Waals surface area contributed by atoms with Crippen LogP contribution in [-0.4, -0.2) is 16.6 Å². The predicted octanol–water partition coefficient (Wildman–Crippen LogP) is 1.78. The van der Waals surface area contributed by atoms with Crippen LogP contribution in [0.15, 0.2) is 35.1 Å². The number of anilines is 2. The maximum atomic E-state index is 11.2. The SMILES string of the molecule is CCOc1ccc(Nc2cc(C#N)[nH]c(=O)n2)cc1. The fourth-order valence-electron chi connectivity index (χ4n) is 1.53. The van der Waals surface area contributed by atoms with Gasteiger partial charge >= 0.3 is 5.69 Å². The van der Waals surface area contributed by atoms with Crippen molar-refractivity contribution in [1.29, 1.82) is 5.26 Å². The summed E-state index contributed by atoms with van der Waals surface area (Å²) >= 11 is 0. The number of rotatable bonds is 4. The highest BCUT2D eigenvalue weighted by molar-refractivity contribution is 5.57. The van der Waals surface area contributed by atoms with Gasteiger partial charge in [0.2, 0.25) is 0 Å². The molecule has 96 valence electrons. The molecule has 2 N–H and O–H groups in total. The lowest BCUT2D eigenvalue weighted by Gasteiger charge is -2.07. The number of nitriles is 1. The molecule has 6 heteroatoms. The van der Waals surface area contributed by atoms with Gasteiger partial charge in [0, 0.05) is 11.8 Å². The maximum Gasteiger partial charge on any atom is 0.347 e. The molecule has 0 saturated heterocycles. The quantitative estimate of drug-likeness (QED) is 0.870. The van der Waals surface area contributed by atoms with Gasteiger partial charge in [0.05, 0.1) is 6.61 Å². The highest BCUT2D eigenvalue weighted by Crippen LogP contribution is 2.18. The zero-order valence-corrected chi connectivity index (χ0v) is 10.3. The Labute approximate surface area is 109 Å². The molecule has 2 rings (SSSR count). The van der Waals surface area contributed by atoms with Gasteiger partial charge in [-0.25, -0.2) is 4.79 Å². The van der Waals surface area contributed by atoms with Gasteiger partial charge in [-0.15, -0.1) is 0 Å². The number of hydrogen-bond acceptors (Lipinski definition) is 5. The molecular weight excluding hydrogens is 244 g/mol. The third-order valence-electron chi connectivity index (χ3n) is 2.30. The van der Waals surface area contributed by atoms with Crippen molar-refractivity contribution >= 4 is 11.5 Å². The van der Waals surface area contributed by atoms with Crippen molar-refractivity contribution in [1.82, 2.24) is 9.97 Å². The van der Waals surface area contributed by atoms with E-state index in [1.165, 1.54) is 6.07 Å². The molecule has 0 aliphatic carbocycles. The molecule has 19 heavy (non-hydrogen) atoms. The van der Waals surface area contributed by atoms with Crippen LogP contribution in [0.5, 0.6) is 5.75 Å². The van der Waals surface area contributed by atoms with Crippen LogP contribution in [0.25, 0.3) is 0 Å². The molecule has 0 saturated carbocycles. The molecule has 0 bridgehead atoms. The van der Waals surface area contributed by atoms with Crippen LogP contribution < -0.4 is 15.7 Å². The Bertz CT molecular complexity index is 656. The van der Waals surface area contributed by atoms with Gasteiger partial charge in [0.25, 0.3) is 0 Å². The minimum absolute atomic E-state index is 0.161. The van der Waals surface area contributed by atoms with Crippen molar-refractivity contribution in [2.24, 2.45) is 0 Å². The molecule has 0 unspecified atom stereocenters. The number of hydrogen-bond donors (Lipinski definition) is 2. The second-order valence-corrected chi connectivity index (χ2v) is 3.68. The molecule has 0 aliphatic rings. The van der Waals surface area contributed by atoms with E-state index in [1.807, 2.05) is 25.1 Å². The van der Waals surface area contributed by atoms with E-state index in [0.717, 1.165) is 11.4 Å². The zero-order valence-electron chi connectivity index (χ0n) is 10.3. The first-order valence-electron chi connectivity index (χ1n) is 5.72. The van der Waals surface area contributed by atoms with Crippen molar-refractivity contribution in [2.75, 3.05) is 11.9 Å². The highest BCUT2D eigenvalue weighted by atomic mass is 16.5. The Kier molecular flexibility index (Phi) is 3.78. The summed E-state index contributed by atoms with van der Waals surface area (Å²) in [6.07, 6.45) is 0. The summed E-state index contributed by atoms with van der Waals surface area (Å²) in [6.45, 7) is 2.52. The van der Waals surface area contributed by atoms with Crippen LogP contribution in [0.4, 0.5) is 11.5 Å². The topological polar surface area (TPSA) is 90.8 Å². The van der Waals surface area contributed by atoms with Gasteiger partial charge in [0.1, 0.15) is 23.3 Å². The summed E-state index contributed by atoms with van der Waals surface area (Å²) in [5, 5.41) is 11.7. The normalized spacial score (nSPS) is 9.68. The fourth-order valence-corrected chi connectivity index (χ4v) is 1.53. The van der Waals surface area contributed by atoms with Crippen LogP contribution in [-0.2, 0) is 0 Å². The number of aromatic nitrogens is 2. The minimum atomic E-state index is -0.563. The third kappa shape index (κ3) is 3.33. The largest absolute Gasteiger partial charge is 0.494 e. The van der Waals surface area contributed by atoms with Crippen LogP contribution in [0.2, 0.25) is 0 Å². The Hall–Kier alpha value is -2.81. The Balaban J connectivity index is 2.19. The molecule has 0 fully saturated rings. The van der Waals surface area contributed by atoms with Crippen LogP contribution >= 0.6 is 0 Å². The van der Waals surface area contributed by atoms with E-state index in [0.29, 0.717) is 12.4 Å². The summed E-state index contributed by atoms with van der Waals surface area (Å²) < 4.78 is 5.33. The predicted molar refractivity (Wildman–Crippen MR) is 70.5 cm³/mol. The van der Waals surface area contributed by atoms with E-state index in [4.69, 9.17) is 10.00 Å². The van der Waals surface area contributed by atoms with Crippen molar-refractivity contribution in [3.8, 4) is 11.8 Å². The first-order chi connectivity index (χ1) is 9.21. The van der Waals surface area contributed by atoms with Gasteiger partial charge in [-0.05, 0) is 31.2 Å². The molecule has 0 radical (unpaired) electrons. The van der Waals surface area contributed by atoms with Crippen molar-refractivity contribution in [3.63, 3.8) is 0 Å². The second kappa shape index (κ2) is 5.69. The summed E-state index contributed by atoms with van der Waals surface area (Å²) in [5.74, 6) is 1.09. The Morgan fingerprint density at radius 2 is 2.16 bits per heavy atom. The van der Waals surface area contributed by atoms with E-state index < -0.39 is 5.69 Å². The third-order valence-corrected chi connectivity index (χ3v) is 2.30. The Morgan fingerprint density at radius 3 is 2.79 bits per heavy atom. The number of nitrogens with zero attached hydrogens (tertiary/aromatic N) is 2. The molecule has 1 aromatic heterocycles. The van der Waals surface area contributed by atoms with E-state index in [2.05, 4.69) is 15.3 Å². The zero-order chi connectivity index (χ0) is 13.7. The molecular formula is C13H12N4O2. The average molecular weight is 256 g/mol. The maximum absolute atomic E-state index is 11.2. The van der Waals surface area contributed by atoms with Gasteiger partial charge in [-0.2, -0.15) is 10.2 Å². The molecule has 1 aromatic carbocycles. The Morgan fingerprint density at radius 1 is 1.42 bits per heavy atom. The second-order valence-electron chi connectivity index (χ2n) is 3.68. The lowest BCUT2D eigenvalue weighted by molar-refractivity contribution is 0.340. The lowest BCUT2D eigenvalue weighted by atomic mass is 10.3. The molecule has 2 aromatic rings. The first-order valence-corrected chi connectivity index (χ1v) is 5.72. The molecule has 0 amide bonds. The average Bonchev–Trinajstić information content (AvgIpc) is 2.40. The monoisotopic (exact) mass is 256 g/mol. The van der Waals surface area contributed by atoms with Gasteiger partial charge in [0.15, 0.2) is 0 Å². The standard InChI is InChI=1S/C13H12N4O2/c1-2-19-11-5-3-9(4-6-11)15-12-7-10(8-14)16-13(18)17-12/h3-7H,2H2,1H3,(H2,15,16,17,18). The van der Waals surface area contributed by atoms with Crippen molar-refractivity contribution in [2.45, 2.75) is 6.92 Å². The van der Waals surface area contributed by atoms with E-state index >= 15 is 0 Å². The number of benzene rings is 1. The number of aromatic amines is 1. The molecule has 0 aliphatic heterocycles. The van der Waals surface area contributed by atoms with Gasteiger partial charge in [-0.3, -0.25) is 4.98 Å². The van der Waals surface area contributed by atoms with Gasteiger partial charge < -0.3 is 10.1 Å².